The van der Waals surface area contributed by atoms with Crippen molar-refractivity contribution in [1.29, 1.82) is 0 Å². The van der Waals surface area contributed by atoms with E-state index < -0.39 is 0 Å². The summed E-state index contributed by atoms with van der Waals surface area (Å²) in [5, 5.41) is 0. The van der Waals surface area contributed by atoms with Gasteiger partial charge < -0.3 is 16.2 Å². The number of esters is 1. The first-order valence-corrected chi connectivity index (χ1v) is 4.11. The Bertz CT molecular complexity index is 132. The molecule has 0 aliphatic heterocycles. The van der Waals surface area contributed by atoms with Gasteiger partial charge >= 0.3 is 5.97 Å². The van der Waals surface area contributed by atoms with Crippen molar-refractivity contribution in [3.8, 4) is 0 Å². The average molecular weight is 192 g/mol. The van der Waals surface area contributed by atoms with Crippen molar-refractivity contribution in [3.05, 3.63) is 0 Å². The number of hydrogen-bond donors (Lipinski definition) is 2. The number of ether oxygens (including phenoxy) is 1. The van der Waals surface area contributed by atoms with Gasteiger partial charge in [0.2, 0.25) is 0 Å². The van der Waals surface area contributed by atoms with Gasteiger partial charge in [-0.2, -0.15) is 0 Å². The molecule has 0 aliphatic rings. The molecule has 0 heterocycles. The van der Waals surface area contributed by atoms with Crippen LogP contribution in [0.15, 0.2) is 0 Å². The predicted molar refractivity (Wildman–Crippen MR) is 45.3 cm³/mol. The van der Waals surface area contributed by atoms with Gasteiger partial charge in [0.05, 0.1) is 19.8 Å². The summed E-state index contributed by atoms with van der Waals surface area (Å²) in [4.78, 5) is 19.6. The lowest BCUT2D eigenvalue weighted by Gasteiger charge is -2.03. The summed E-state index contributed by atoms with van der Waals surface area (Å²) in [6.07, 6.45) is 1.47. The molecule has 0 unspecified atom stereocenters. The third-order valence-electron chi connectivity index (χ3n) is 1.20. The van der Waals surface area contributed by atoms with Gasteiger partial charge in [-0.05, 0) is 12.8 Å². The highest BCUT2D eigenvalue weighted by molar-refractivity contribution is 5.71. The van der Waals surface area contributed by atoms with Crippen molar-refractivity contribution >= 4 is 5.97 Å². The Morgan fingerprint density at radius 1 is 1.08 bits per heavy atom. The van der Waals surface area contributed by atoms with E-state index >= 15 is 0 Å². The molecule has 0 bridgehead atoms. The molecular formula is C7H16N2O4. The lowest BCUT2D eigenvalue weighted by Crippen LogP contribution is -2.17. The van der Waals surface area contributed by atoms with E-state index in [0.717, 1.165) is 12.8 Å². The lowest BCUT2D eigenvalue weighted by atomic mass is 10.3. The fraction of sp³-hybridized carbons (Fsp3) is 0.857. The number of nitrogens with two attached hydrogens (primary N) is 2. The summed E-state index contributed by atoms with van der Waals surface area (Å²) < 4.78 is 4.71. The van der Waals surface area contributed by atoms with Crippen molar-refractivity contribution in [2.75, 3.05) is 26.5 Å². The molecule has 0 spiro atoms. The summed E-state index contributed by atoms with van der Waals surface area (Å²) in [6.45, 7) is 0.772. The molecule has 0 amide bonds. The monoisotopic (exact) mass is 192 g/mol. The standard InChI is InChI=1S/C7H16N2O4/c8-5-7(10)11-3-1-2-4-12-13-6-9/h1-6,8-9H2. The zero-order valence-electron chi connectivity index (χ0n) is 7.53. The molecule has 6 heteroatoms. The van der Waals surface area contributed by atoms with Crippen molar-refractivity contribution in [2.45, 2.75) is 12.8 Å². The first kappa shape index (κ1) is 12.3. The van der Waals surface area contributed by atoms with Crippen molar-refractivity contribution in [1.82, 2.24) is 0 Å². The van der Waals surface area contributed by atoms with Gasteiger partial charge in [0.25, 0.3) is 0 Å². The average Bonchev–Trinajstić information content (AvgIpc) is 2.16. The van der Waals surface area contributed by atoms with Gasteiger partial charge in [0.1, 0.15) is 6.73 Å². The smallest absolute Gasteiger partial charge is 0.319 e. The van der Waals surface area contributed by atoms with Crippen LogP contribution < -0.4 is 11.5 Å². The Balaban J connectivity index is 2.95. The van der Waals surface area contributed by atoms with Crippen LogP contribution in [0, 0.1) is 0 Å². The fourth-order valence-corrected chi connectivity index (χ4v) is 0.615. The van der Waals surface area contributed by atoms with E-state index in [1.54, 1.807) is 0 Å². The van der Waals surface area contributed by atoms with E-state index in [4.69, 9.17) is 16.2 Å². The minimum Gasteiger partial charge on any atom is -0.465 e. The molecule has 0 aromatic carbocycles. The molecule has 0 aromatic heterocycles. The van der Waals surface area contributed by atoms with E-state index in [9.17, 15) is 4.79 Å². The van der Waals surface area contributed by atoms with Gasteiger partial charge in [-0.25, -0.2) is 9.78 Å². The molecule has 0 aromatic rings. The summed E-state index contributed by atoms with van der Waals surface area (Å²) in [5.41, 5.74) is 10.0. The highest BCUT2D eigenvalue weighted by Crippen LogP contribution is 1.91. The van der Waals surface area contributed by atoms with Crippen LogP contribution in [-0.4, -0.2) is 32.5 Å². The third-order valence-corrected chi connectivity index (χ3v) is 1.20. The van der Waals surface area contributed by atoms with Crippen molar-refractivity contribution in [2.24, 2.45) is 11.5 Å². The van der Waals surface area contributed by atoms with E-state index in [0.29, 0.717) is 13.2 Å². The predicted octanol–water partition coefficient (Wildman–Crippen LogP) is -0.867. The largest absolute Gasteiger partial charge is 0.465 e. The summed E-state index contributed by atoms with van der Waals surface area (Å²) in [5.74, 6) is -0.390. The Labute approximate surface area is 77.0 Å². The van der Waals surface area contributed by atoms with Crippen LogP contribution in [0.2, 0.25) is 0 Å². The topological polar surface area (TPSA) is 96.8 Å². The zero-order chi connectivity index (χ0) is 9.94. The highest BCUT2D eigenvalue weighted by atomic mass is 17.2. The second kappa shape index (κ2) is 9.40. The molecule has 78 valence electrons. The Morgan fingerprint density at radius 3 is 2.38 bits per heavy atom. The van der Waals surface area contributed by atoms with Crippen LogP contribution >= 0.6 is 0 Å². The fourth-order valence-electron chi connectivity index (χ4n) is 0.615. The molecule has 0 aliphatic carbocycles. The van der Waals surface area contributed by atoms with Gasteiger partial charge in [0, 0.05) is 0 Å². The Kier molecular flexibility index (Phi) is 8.90. The number of rotatable bonds is 8. The lowest BCUT2D eigenvalue weighted by molar-refractivity contribution is -0.293. The molecule has 0 radical (unpaired) electrons. The van der Waals surface area contributed by atoms with E-state index in [1.165, 1.54) is 0 Å². The van der Waals surface area contributed by atoms with Gasteiger partial charge in [0.15, 0.2) is 0 Å². The second-order valence-electron chi connectivity index (χ2n) is 2.24. The maximum Gasteiger partial charge on any atom is 0.319 e. The molecule has 0 rings (SSSR count). The highest BCUT2D eigenvalue weighted by Gasteiger charge is 1.97. The number of carbonyl (C=O) groups excluding carboxylic acids is 1. The Morgan fingerprint density at radius 2 is 1.77 bits per heavy atom. The van der Waals surface area contributed by atoms with Gasteiger partial charge in [-0.1, -0.05) is 0 Å². The van der Waals surface area contributed by atoms with Crippen molar-refractivity contribution < 1.29 is 19.3 Å². The molecule has 0 saturated heterocycles. The molecule has 0 fully saturated rings. The van der Waals surface area contributed by atoms with E-state index in [1.807, 2.05) is 0 Å². The number of carbonyl (C=O) groups is 1. The van der Waals surface area contributed by atoms with Crippen LogP contribution in [0.3, 0.4) is 0 Å². The molecule has 0 atom stereocenters. The second-order valence-corrected chi connectivity index (χ2v) is 2.24. The first-order valence-electron chi connectivity index (χ1n) is 4.11. The molecular weight excluding hydrogens is 176 g/mol. The minimum absolute atomic E-state index is 0.0438. The van der Waals surface area contributed by atoms with Crippen molar-refractivity contribution in [3.63, 3.8) is 0 Å². The van der Waals surface area contributed by atoms with Crippen LogP contribution in [-0.2, 0) is 19.3 Å². The first-order chi connectivity index (χ1) is 6.31. The van der Waals surface area contributed by atoms with E-state index in [2.05, 4.69) is 9.78 Å². The summed E-state index contributed by atoms with van der Waals surface area (Å²) in [6, 6.07) is 0. The van der Waals surface area contributed by atoms with E-state index in [-0.39, 0.29) is 19.2 Å². The maximum absolute atomic E-state index is 10.5. The molecule has 13 heavy (non-hydrogen) atoms. The van der Waals surface area contributed by atoms with Crippen LogP contribution in [0.5, 0.6) is 0 Å². The number of hydrogen-bond acceptors (Lipinski definition) is 6. The third kappa shape index (κ3) is 9.22. The summed E-state index contributed by atoms with van der Waals surface area (Å²) in [7, 11) is 0. The molecule has 6 nitrogen and oxygen atoms in total. The van der Waals surface area contributed by atoms with Crippen LogP contribution in [0.25, 0.3) is 0 Å². The zero-order valence-corrected chi connectivity index (χ0v) is 7.53. The van der Waals surface area contributed by atoms with Crippen LogP contribution in [0.4, 0.5) is 0 Å². The molecule has 0 saturated carbocycles. The van der Waals surface area contributed by atoms with Gasteiger partial charge in [-0.15, -0.1) is 0 Å². The molecule has 4 N–H and O–H groups in total. The quantitative estimate of drug-likeness (QED) is 0.171. The normalized spacial score (nSPS) is 10.0. The Hall–Kier alpha value is -0.690. The SMILES string of the molecule is NCOOCCCCOC(=O)CN. The number of unbranched alkanes of at least 4 members (excludes halogenated alkanes) is 1. The summed E-state index contributed by atoms with van der Waals surface area (Å²) >= 11 is 0. The minimum atomic E-state index is -0.390. The van der Waals surface area contributed by atoms with Crippen LogP contribution in [0.1, 0.15) is 12.8 Å². The van der Waals surface area contributed by atoms with Gasteiger partial charge in [-0.3, -0.25) is 4.79 Å². The maximum atomic E-state index is 10.5.